The Balaban J connectivity index is 1.59. The Morgan fingerprint density at radius 2 is 1.95 bits per heavy atom. The zero-order valence-electron chi connectivity index (χ0n) is 21.9. The first kappa shape index (κ1) is 30.1. The van der Waals surface area contributed by atoms with Crippen LogP contribution in [0.15, 0.2) is 36.4 Å². The number of carboxylic acid groups (broad SMARTS) is 1. The van der Waals surface area contributed by atoms with Crippen molar-refractivity contribution in [2.45, 2.75) is 83.2 Å². The van der Waals surface area contributed by atoms with E-state index in [1.165, 1.54) is 6.07 Å². The number of halogens is 4. The molecule has 0 aliphatic carbocycles. The summed E-state index contributed by atoms with van der Waals surface area (Å²) in [6.45, 7) is 4.50. The number of nitrogens with zero attached hydrogens (tertiary/aromatic N) is 1. The summed E-state index contributed by atoms with van der Waals surface area (Å²) in [4.78, 5) is 12.9. The van der Waals surface area contributed by atoms with Crippen LogP contribution in [0.3, 0.4) is 0 Å². The molecule has 0 saturated carbocycles. The summed E-state index contributed by atoms with van der Waals surface area (Å²) < 4.78 is 59.9. The number of rotatable bonds is 13. The van der Waals surface area contributed by atoms with Crippen molar-refractivity contribution in [1.29, 1.82) is 0 Å². The molecule has 1 aliphatic heterocycles. The summed E-state index contributed by atoms with van der Waals surface area (Å²) in [5, 5.41) is 19.5. The van der Waals surface area contributed by atoms with Crippen LogP contribution >= 0.6 is 0 Å². The van der Waals surface area contributed by atoms with Gasteiger partial charge >= 0.3 is 12.1 Å². The van der Waals surface area contributed by atoms with Crippen molar-refractivity contribution in [2.75, 3.05) is 19.7 Å². The van der Waals surface area contributed by atoms with Gasteiger partial charge in [-0.3, -0.25) is 9.69 Å². The van der Waals surface area contributed by atoms with Crippen molar-refractivity contribution >= 4 is 5.97 Å². The molecule has 3 atom stereocenters. The second kappa shape index (κ2) is 13.5. The van der Waals surface area contributed by atoms with Gasteiger partial charge in [0, 0.05) is 19.0 Å². The molecule has 3 rings (SSSR count). The zero-order chi connectivity index (χ0) is 27.9. The summed E-state index contributed by atoms with van der Waals surface area (Å²) in [6, 6.07) is 8.96. The molecular formula is C29H37F4NO4. The molecule has 2 aromatic rings. The molecule has 38 heavy (non-hydrogen) atoms. The van der Waals surface area contributed by atoms with Gasteiger partial charge in [0.05, 0.1) is 24.4 Å². The zero-order valence-corrected chi connectivity index (χ0v) is 21.9. The molecule has 1 saturated heterocycles. The third-order valence-electron chi connectivity index (χ3n) is 7.19. The number of aliphatic hydroxyl groups excluding tert-OH is 1. The number of β-amino-alcohol motifs (C(OH)–C–C–N with tert-alkyl or cyclic N) is 1. The number of carboxylic acids is 1. The van der Waals surface area contributed by atoms with Crippen molar-refractivity contribution in [3.05, 3.63) is 70.0 Å². The monoisotopic (exact) mass is 539 g/mol. The summed E-state index contributed by atoms with van der Waals surface area (Å²) in [5.74, 6) is -1.14. The Labute approximate surface area is 221 Å². The minimum Gasteiger partial charge on any atom is -0.481 e. The van der Waals surface area contributed by atoms with E-state index >= 15 is 0 Å². The number of carbonyl (C=O) groups is 1. The summed E-state index contributed by atoms with van der Waals surface area (Å²) in [7, 11) is 0. The minimum atomic E-state index is -4.50. The number of ether oxygens (including phenoxy) is 1. The quantitative estimate of drug-likeness (QED) is 0.238. The molecule has 5 nitrogen and oxygen atoms in total. The highest BCUT2D eigenvalue weighted by molar-refractivity contribution is 5.66. The Morgan fingerprint density at radius 1 is 1.18 bits per heavy atom. The Kier molecular flexibility index (Phi) is 10.7. The number of aryl methyl sites for hydroxylation is 2. The topological polar surface area (TPSA) is 70.0 Å². The lowest BCUT2D eigenvalue weighted by Gasteiger charge is -2.28. The van der Waals surface area contributed by atoms with Crippen LogP contribution in [0.5, 0.6) is 0 Å². The third kappa shape index (κ3) is 8.78. The molecule has 0 radical (unpaired) electrons. The van der Waals surface area contributed by atoms with E-state index in [0.29, 0.717) is 48.9 Å². The molecule has 0 aromatic heterocycles. The second-order valence-electron chi connectivity index (χ2n) is 10.2. The first-order valence-corrected chi connectivity index (χ1v) is 13.1. The number of alkyl halides is 3. The summed E-state index contributed by atoms with van der Waals surface area (Å²) in [5.41, 5.74) is 1.80. The van der Waals surface area contributed by atoms with Gasteiger partial charge in [0.25, 0.3) is 0 Å². The molecule has 0 bridgehead atoms. The lowest BCUT2D eigenvalue weighted by atomic mass is 9.95. The van der Waals surface area contributed by atoms with E-state index in [1.54, 1.807) is 26.0 Å². The fraction of sp³-hybridized carbons (Fsp3) is 0.552. The van der Waals surface area contributed by atoms with Crippen molar-refractivity contribution in [3.8, 4) is 0 Å². The molecule has 2 aromatic carbocycles. The number of aliphatic carboxylic acids is 1. The van der Waals surface area contributed by atoms with E-state index in [1.807, 2.05) is 6.07 Å². The van der Waals surface area contributed by atoms with Crippen molar-refractivity contribution < 1.29 is 37.3 Å². The maximum atomic E-state index is 14.0. The molecule has 0 spiro atoms. The van der Waals surface area contributed by atoms with Gasteiger partial charge in [-0.2, -0.15) is 13.2 Å². The first-order chi connectivity index (χ1) is 17.9. The first-order valence-electron chi connectivity index (χ1n) is 13.1. The largest absolute Gasteiger partial charge is 0.481 e. The molecule has 1 heterocycles. The number of unbranched alkanes of at least 4 members (excludes halogenated alkanes) is 1. The van der Waals surface area contributed by atoms with E-state index in [4.69, 9.17) is 9.84 Å². The molecule has 210 valence electrons. The maximum absolute atomic E-state index is 14.0. The average molecular weight is 540 g/mol. The van der Waals surface area contributed by atoms with Crippen LogP contribution in [0.25, 0.3) is 0 Å². The molecule has 1 fully saturated rings. The normalized spacial score (nSPS) is 18.0. The number of hydrogen-bond donors (Lipinski definition) is 2. The molecule has 0 unspecified atom stereocenters. The maximum Gasteiger partial charge on any atom is 0.416 e. The van der Waals surface area contributed by atoms with Crippen LogP contribution in [0, 0.1) is 12.7 Å². The van der Waals surface area contributed by atoms with Crippen LogP contribution in [0.1, 0.15) is 72.9 Å². The van der Waals surface area contributed by atoms with Gasteiger partial charge in [-0.25, -0.2) is 4.39 Å². The van der Waals surface area contributed by atoms with Gasteiger partial charge in [-0.15, -0.1) is 0 Å². The van der Waals surface area contributed by atoms with E-state index in [0.717, 1.165) is 37.1 Å². The molecule has 1 aliphatic rings. The van der Waals surface area contributed by atoms with Crippen molar-refractivity contribution in [2.24, 2.45) is 0 Å². The molecule has 9 heteroatoms. The van der Waals surface area contributed by atoms with E-state index in [2.05, 4.69) is 4.90 Å². The highest BCUT2D eigenvalue weighted by atomic mass is 19.4. The van der Waals surface area contributed by atoms with Crippen LogP contribution in [0.4, 0.5) is 17.6 Å². The van der Waals surface area contributed by atoms with Crippen LogP contribution in [0.2, 0.25) is 0 Å². The summed E-state index contributed by atoms with van der Waals surface area (Å²) in [6.07, 6.45) is -2.04. The van der Waals surface area contributed by atoms with E-state index in [-0.39, 0.29) is 24.9 Å². The van der Waals surface area contributed by atoms with Gasteiger partial charge in [0.1, 0.15) is 5.82 Å². The van der Waals surface area contributed by atoms with Gasteiger partial charge in [-0.1, -0.05) is 18.2 Å². The fourth-order valence-electron chi connectivity index (χ4n) is 5.04. The van der Waals surface area contributed by atoms with Gasteiger partial charge in [0.2, 0.25) is 0 Å². The molecule has 2 N–H and O–H groups in total. The number of hydrogen-bond acceptors (Lipinski definition) is 4. The standard InChI is InChI=1S/C29H37F4NO4/c1-19-9-10-21(15-27(19)30)14-24-7-5-13-34(24)17-25(35)18-38-20(2)26-16-23(29(31,32)33)12-11-22(26)6-3-4-8-28(36)37/h9-12,15-16,20,24-25,35H,3-8,13-14,17-18H2,1-2H3,(H,36,37)/t20-,24+,25-/m1/s1. The minimum absolute atomic E-state index is 0.00453. The van der Waals surface area contributed by atoms with Gasteiger partial charge in [0.15, 0.2) is 0 Å². The van der Waals surface area contributed by atoms with Crippen LogP contribution in [-0.2, 0) is 28.5 Å². The summed E-state index contributed by atoms with van der Waals surface area (Å²) >= 11 is 0. The van der Waals surface area contributed by atoms with Crippen molar-refractivity contribution in [1.82, 2.24) is 4.90 Å². The van der Waals surface area contributed by atoms with Gasteiger partial charge in [-0.05, 0) is 99.4 Å². The highest BCUT2D eigenvalue weighted by Gasteiger charge is 2.32. The van der Waals surface area contributed by atoms with Crippen molar-refractivity contribution in [3.63, 3.8) is 0 Å². The molecule has 0 amide bonds. The van der Waals surface area contributed by atoms with Gasteiger partial charge < -0.3 is 14.9 Å². The third-order valence-corrected chi connectivity index (χ3v) is 7.19. The predicted octanol–water partition coefficient (Wildman–Crippen LogP) is 6.10. The number of benzene rings is 2. The average Bonchev–Trinajstić information content (AvgIpc) is 3.28. The predicted molar refractivity (Wildman–Crippen MR) is 136 cm³/mol. The molecular weight excluding hydrogens is 502 g/mol. The van der Waals surface area contributed by atoms with E-state index < -0.39 is 29.9 Å². The Bertz CT molecular complexity index is 1080. The SMILES string of the molecule is Cc1ccc(C[C@@H]2CCCN2C[C@@H](O)CO[C@H](C)c2cc(C(F)(F)F)ccc2CCCCC(=O)O)cc1F. The lowest BCUT2D eigenvalue weighted by molar-refractivity contribution is -0.138. The Morgan fingerprint density at radius 3 is 2.63 bits per heavy atom. The number of aliphatic hydroxyl groups is 1. The van der Waals surface area contributed by atoms with Crippen LogP contribution in [-0.4, -0.2) is 52.9 Å². The lowest BCUT2D eigenvalue weighted by Crippen LogP contribution is -2.39. The smallest absolute Gasteiger partial charge is 0.416 e. The second-order valence-corrected chi connectivity index (χ2v) is 10.2. The highest BCUT2D eigenvalue weighted by Crippen LogP contribution is 2.34. The number of likely N-dealkylation sites (tertiary alicyclic amines) is 1. The Hall–Kier alpha value is -2.49. The van der Waals surface area contributed by atoms with E-state index in [9.17, 15) is 27.5 Å². The fourth-order valence-corrected chi connectivity index (χ4v) is 5.04. The van der Waals surface area contributed by atoms with Crippen LogP contribution < -0.4 is 0 Å².